The van der Waals surface area contributed by atoms with Gasteiger partial charge in [-0.15, -0.1) is 10.2 Å². The van der Waals surface area contributed by atoms with Crippen LogP contribution in [0.15, 0.2) is 82.4 Å². The molecule has 30 heavy (non-hydrogen) atoms. The van der Waals surface area contributed by atoms with E-state index in [2.05, 4.69) is 16.3 Å². The van der Waals surface area contributed by atoms with Gasteiger partial charge in [-0.1, -0.05) is 60.3 Å². The van der Waals surface area contributed by atoms with E-state index in [1.807, 2.05) is 42.5 Å². The van der Waals surface area contributed by atoms with Gasteiger partial charge in [-0.25, -0.2) is 0 Å². The molecular weight excluding hydrogens is 400 g/mol. The molecule has 0 saturated carbocycles. The molecule has 0 aliphatic rings. The fraction of sp³-hybridized carbons (Fsp3) is 0.0455. The Morgan fingerprint density at radius 1 is 1.00 bits per heavy atom. The third kappa shape index (κ3) is 4.21. The van der Waals surface area contributed by atoms with E-state index in [4.69, 9.17) is 4.42 Å². The molecular formula is C22H14N4O3S. The van der Waals surface area contributed by atoms with Crippen LogP contribution in [0.25, 0.3) is 22.6 Å². The summed E-state index contributed by atoms with van der Waals surface area (Å²) in [4.78, 5) is 10.5. The lowest BCUT2D eigenvalue weighted by Gasteiger charge is -2.05. The van der Waals surface area contributed by atoms with E-state index >= 15 is 0 Å². The number of thioether (sulfide) groups is 1. The van der Waals surface area contributed by atoms with E-state index in [9.17, 15) is 15.4 Å². The van der Waals surface area contributed by atoms with Crippen LogP contribution in [0.2, 0.25) is 0 Å². The minimum absolute atomic E-state index is 0.0297. The molecule has 8 heteroatoms. The first-order chi connectivity index (χ1) is 14.6. The summed E-state index contributed by atoms with van der Waals surface area (Å²) in [6, 6.07) is 23.7. The maximum absolute atomic E-state index is 10.9. The Hall–Kier alpha value is -3.96. The highest BCUT2D eigenvalue weighted by atomic mass is 32.2. The van der Waals surface area contributed by atoms with Gasteiger partial charge in [-0.2, -0.15) is 5.26 Å². The average Bonchev–Trinajstić information content (AvgIpc) is 3.27. The van der Waals surface area contributed by atoms with Crippen LogP contribution < -0.4 is 0 Å². The van der Waals surface area contributed by atoms with Crippen LogP contribution in [-0.4, -0.2) is 15.1 Å². The number of nitrogens with zero attached hydrogens (tertiary/aromatic N) is 4. The van der Waals surface area contributed by atoms with Crippen LogP contribution in [0.5, 0.6) is 0 Å². The van der Waals surface area contributed by atoms with Crippen molar-refractivity contribution >= 4 is 17.4 Å². The second-order valence-electron chi connectivity index (χ2n) is 6.32. The quantitative estimate of drug-likeness (QED) is 0.234. The lowest BCUT2D eigenvalue weighted by molar-refractivity contribution is -0.384. The predicted molar refractivity (Wildman–Crippen MR) is 113 cm³/mol. The Balaban J connectivity index is 1.44. The molecule has 4 aromatic rings. The molecule has 0 spiro atoms. The normalized spacial score (nSPS) is 10.5. The van der Waals surface area contributed by atoms with Crippen LogP contribution in [0.4, 0.5) is 5.69 Å². The lowest BCUT2D eigenvalue weighted by Crippen LogP contribution is -1.88. The van der Waals surface area contributed by atoms with Gasteiger partial charge in [0.2, 0.25) is 5.89 Å². The van der Waals surface area contributed by atoms with Crippen LogP contribution in [0.3, 0.4) is 0 Å². The van der Waals surface area contributed by atoms with Gasteiger partial charge in [-0.05, 0) is 28.8 Å². The highest BCUT2D eigenvalue weighted by Gasteiger charge is 2.13. The number of nitro groups is 1. The van der Waals surface area contributed by atoms with Crippen molar-refractivity contribution in [1.82, 2.24) is 10.2 Å². The van der Waals surface area contributed by atoms with Crippen molar-refractivity contribution in [2.45, 2.75) is 11.0 Å². The molecule has 0 saturated heterocycles. The number of non-ortho nitro benzene ring substituents is 1. The molecule has 1 aromatic heterocycles. The molecule has 0 N–H and O–H groups in total. The monoisotopic (exact) mass is 414 g/mol. The summed E-state index contributed by atoms with van der Waals surface area (Å²) in [6.07, 6.45) is 0. The van der Waals surface area contributed by atoms with Crippen molar-refractivity contribution < 1.29 is 9.34 Å². The molecule has 3 aromatic carbocycles. The number of benzene rings is 3. The summed E-state index contributed by atoms with van der Waals surface area (Å²) in [6.45, 7) is 0. The van der Waals surface area contributed by atoms with Crippen molar-refractivity contribution in [2.75, 3.05) is 0 Å². The molecule has 0 atom stereocenters. The summed E-state index contributed by atoms with van der Waals surface area (Å²) in [7, 11) is 0. The smallest absolute Gasteiger partial charge is 0.277 e. The Bertz CT molecular complexity index is 1250. The van der Waals surface area contributed by atoms with Crippen LogP contribution in [-0.2, 0) is 5.75 Å². The summed E-state index contributed by atoms with van der Waals surface area (Å²) in [5.41, 5.74) is 4.05. The maximum atomic E-state index is 10.9. The topological polar surface area (TPSA) is 106 Å². The number of nitriles is 1. The highest BCUT2D eigenvalue weighted by molar-refractivity contribution is 7.98. The van der Waals surface area contributed by atoms with Crippen molar-refractivity contribution in [3.05, 3.63) is 94.0 Å². The number of hydrogen-bond acceptors (Lipinski definition) is 7. The van der Waals surface area contributed by atoms with Crippen molar-refractivity contribution in [3.63, 3.8) is 0 Å². The Kier molecular flexibility index (Phi) is 5.54. The Morgan fingerprint density at radius 2 is 1.80 bits per heavy atom. The molecule has 0 aliphatic carbocycles. The number of hydrogen-bond donors (Lipinski definition) is 0. The van der Waals surface area contributed by atoms with Gasteiger partial charge in [0.25, 0.3) is 10.9 Å². The zero-order valence-electron chi connectivity index (χ0n) is 15.6. The number of nitro benzene ring substituents is 1. The highest BCUT2D eigenvalue weighted by Crippen LogP contribution is 2.29. The molecule has 4 rings (SSSR count). The molecule has 1 heterocycles. The first kappa shape index (κ1) is 19.4. The molecule has 0 aliphatic heterocycles. The SMILES string of the molecule is N#Cc1ccccc1-c1ccc(CSc2nnc(-c3cccc([N+](=O)[O-])c3)o2)cc1. The molecule has 0 amide bonds. The predicted octanol–water partition coefficient (Wildman–Crippen LogP) is 5.48. The molecule has 146 valence electrons. The molecule has 0 radical (unpaired) electrons. The Morgan fingerprint density at radius 3 is 2.57 bits per heavy atom. The molecule has 0 bridgehead atoms. The minimum atomic E-state index is -0.464. The first-order valence-electron chi connectivity index (χ1n) is 8.93. The van der Waals surface area contributed by atoms with E-state index in [0.29, 0.717) is 22.1 Å². The summed E-state index contributed by atoms with van der Waals surface area (Å²) in [5, 5.41) is 28.6. The number of rotatable bonds is 6. The summed E-state index contributed by atoms with van der Waals surface area (Å²) >= 11 is 1.38. The Labute approximate surface area is 176 Å². The zero-order valence-corrected chi connectivity index (χ0v) is 16.4. The van der Waals surface area contributed by atoms with E-state index in [0.717, 1.165) is 16.7 Å². The second kappa shape index (κ2) is 8.59. The molecule has 0 unspecified atom stereocenters. The standard InChI is InChI=1S/C22H14N4O3S/c23-13-18-4-1-2-7-20(18)16-10-8-15(9-11-16)14-30-22-25-24-21(29-22)17-5-3-6-19(12-17)26(27)28/h1-12H,14H2. The van der Waals surface area contributed by atoms with Gasteiger partial charge in [0.15, 0.2) is 0 Å². The largest absolute Gasteiger partial charge is 0.411 e. The maximum Gasteiger partial charge on any atom is 0.277 e. The minimum Gasteiger partial charge on any atom is -0.411 e. The third-order valence-electron chi connectivity index (χ3n) is 4.39. The van der Waals surface area contributed by atoms with E-state index in [-0.39, 0.29) is 11.6 Å². The van der Waals surface area contributed by atoms with Gasteiger partial charge in [0.1, 0.15) is 0 Å². The molecule has 7 nitrogen and oxygen atoms in total. The van der Waals surface area contributed by atoms with Crippen LogP contribution in [0.1, 0.15) is 11.1 Å². The zero-order chi connectivity index (χ0) is 20.9. The van der Waals surface area contributed by atoms with Gasteiger partial charge in [0, 0.05) is 23.4 Å². The fourth-order valence-electron chi connectivity index (χ4n) is 2.90. The average molecular weight is 414 g/mol. The third-order valence-corrected chi connectivity index (χ3v) is 5.27. The molecule has 0 fully saturated rings. The summed E-state index contributed by atoms with van der Waals surface area (Å²) in [5.74, 6) is 0.862. The van der Waals surface area contributed by atoms with Crippen molar-refractivity contribution in [2.24, 2.45) is 0 Å². The van der Waals surface area contributed by atoms with Crippen LogP contribution in [0, 0.1) is 21.4 Å². The van der Waals surface area contributed by atoms with Gasteiger partial charge in [0.05, 0.1) is 16.6 Å². The van der Waals surface area contributed by atoms with Crippen LogP contribution >= 0.6 is 11.8 Å². The van der Waals surface area contributed by atoms with E-state index < -0.39 is 4.92 Å². The van der Waals surface area contributed by atoms with Gasteiger partial charge in [-0.3, -0.25) is 10.1 Å². The first-order valence-corrected chi connectivity index (χ1v) is 9.92. The van der Waals surface area contributed by atoms with E-state index in [1.165, 1.54) is 23.9 Å². The lowest BCUT2D eigenvalue weighted by atomic mass is 10.00. The van der Waals surface area contributed by atoms with Gasteiger partial charge < -0.3 is 4.42 Å². The second-order valence-corrected chi connectivity index (χ2v) is 7.25. The fourth-order valence-corrected chi connectivity index (χ4v) is 3.61. The van der Waals surface area contributed by atoms with Gasteiger partial charge >= 0.3 is 0 Å². The van der Waals surface area contributed by atoms with Crippen molar-refractivity contribution in [3.8, 4) is 28.7 Å². The van der Waals surface area contributed by atoms with E-state index in [1.54, 1.807) is 18.2 Å². The summed E-state index contributed by atoms with van der Waals surface area (Å²) < 4.78 is 5.63. The number of aromatic nitrogens is 2. The van der Waals surface area contributed by atoms with Crippen molar-refractivity contribution in [1.29, 1.82) is 5.26 Å².